The van der Waals surface area contributed by atoms with Gasteiger partial charge in [-0.15, -0.1) is 0 Å². The first-order valence-corrected chi connectivity index (χ1v) is 13.0. The lowest BCUT2D eigenvalue weighted by atomic mass is 9.98. The summed E-state index contributed by atoms with van der Waals surface area (Å²) in [6, 6.07) is 4.46. The average molecular weight is 445 g/mol. The van der Waals surface area contributed by atoms with E-state index in [9.17, 15) is 21.6 Å². The highest BCUT2D eigenvalue weighted by atomic mass is 32.2. The van der Waals surface area contributed by atoms with Crippen LogP contribution in [0.25, 0.3) is 11.0 Å². The summed E-state index contributed by atoms with van der Waals surface area (Å²) in [4.78, 5) is 12.7. The number of rotatable bonds is 4. The number of hydrogen-bond acceptors (Lipinski definition) is 8. The van der Waals surface area contributed by atoms with Crippen LogP contribution in [0.15, 0.2) is 23.1 Å². The number of nitrogens with zero attached hydrogens (tertiary/aromatic N) is 3. The van der Waals surface area contributed by atoms with Crippen molar-refractivity contribution in [3.05, 3.63) is 18.2 Å². The molecule has 0 aliphatic carbocycles. The lowest BCUT2D eigenvalue weighted by molar-refractivity contribution is -0.126. The van der Waals surface area contributed by atoms with Gasteiger partial charge in [0.25, 0.3) is 0 Å². The van der Waals surface area contributed by atoms with Gasteiger partial charge in [0.15, 0.2) is 9.84 Å². The highest BCUT2D eigenvalue weighted by Crippen LogP contribution is 2.28. The minimum atomic E-state index is -3.81. The maximum atomic E-state index is 13.1. The van der Waals surface area contributed by atoms with E-state index in [1.54, 1.807) is 12.1 Å². The third-order valence-electron chi connectivity index (χ3n) is 5.20. The molecule has 0 bridgehead atoms. The van der Waals surface area contributed by atoms with Crippen molar-refractivity contribution in [1.29, 1.82) is 0 Å². The normalized spacial score (nSPS) is 25.7. The molecular formula is C16H20N4O5S3. The van der Waals surface area contributed by atoms with Gasteiger partial charge < -0.3 is 5.32 Å². The Balaban J connectivity index is 1.50. The number of hydrogen-bond donors (Lipinski definition) is 1. The van der Waals surface area contributed by atoms with E-state index < -0.39 is 25.8 Å². The topological polar surface area (TPSA) is 126 Å². The Morgan fingerprint density at radius 3 is 2.82 bits per heavy atom. The second-order valence-electron chi connectivity index (χ2n) is 7.20. The van der Waals surface area contributed by atoms with Crippen LogP contribution in [-0.2, 0) is 24.7 Å². The molecule has 0 spiro atoms. The average Bonchev–Trinajstić information content (AvgIpc) is 3.27. The standard InChI is InChI=1S/C16H20N4O5S3/c21-16(17-12-6-8-27(22,23)10-12)11-3-2-7-20(9-11)28(24,25)14-5-1-4-13-15(14)19-26-18-13/h1,4-5,11-12H,2-3,6-10H2,(H,17,21)/t11-,12-/m0/s1. The molecular weight excluding hydrogens is 424 g/mol. The number of fused-ring (bicyclic) bond motifs is 1. The minimum Gasteiger partial charge on any atom is -0.352 e. The molecule has 0 unspecified atom stereocenters. The van der Waals surface area contributed by atoms with Gasteiger partial charge in [0.05, 0.1) is 29.2 Å². The lowest BCUT2D eigenvalue weighted by Crippen LogP contribution is -2.47. The molecule has 2 aromatic rings. The van der Waals surface area contributed by atoms with Crippen LogP contribution in [0.4, 0.5) is 0 Å². The van der Waals surface area contributed by atoms with Gasteiger partial charge in [-0.2, -0.15) is 13.1 Å². The molecule has 1 amide bonds. The number of aromatic nitrogens is 2. The predicted molar refractivity (Wildman–Crippen MR) is 104 cm³/mol. The van der Waals surface area contributed by atoms with Gasteiger partial charge in [-0.05, 0) is 31.4 Å². The molecule has 152 valence electrons. The number of carbonyl (C=O) groups excluding carboxylic acids is 1. The van der Waals surface area contributed by atoms with Crippen LogP contribution >= 0.6 is 11.7 Å². The molecule has 2 saturated heterocycles. The van der Waals surface area contributed by atoms with Crippen molar-refractivity contribution in [2.45, 2.75) is 30.2 Å². The molecule has 0 saturated carbocycles. The van der Waals surface area contributed by atoms with Crippen molar-refractivity contribution in [2.24, 2.45) is 5.92 Å². The molecule has 28 heavy (non-hydrogen) atoms. The van der Waals surface area contributed by atoms with Gasteiger partial charge in [0.2, 0.25) is 15.9 Å². The SMILES string of the molecule is O=C(N[C@H]1CCS(=O)(=O)C1)[C@H]1CCCN(S(=O)(=O)c2cccc3nsnc23)C1. The van der Waals surface area contributed by atoms with Gasteiger partial charge in [-0.25, -0.2) is 16.8 Å². The highest BCUT2D eigenvalue weighted by molar-refractivity contribution is 7.91. The zero-order chi connectivity index (χ0) is 19.9. The molecule has 2 aliphatic heterocycles. The molecule has 1 N–H and O–H groups in total. The first-order chi connectivity index (χ1) is 13.3. The third-order valence-corrected chi connectivity index (χ3v) is 9.41. The second kappa shape index (κ2) is 7.32. The van der Waals surface area contributed by atoms with Crippen LogP contribution in [0.3, 0.4) is 0 Å². The summed E-state index contributed by atoms with van der Waals surface area (Å²) >= 11 is 0.957. The Morgan fingerprint density at radius 2 is 2.07 bits per heavy atom. The number of sulfonamides is 1. The van der Waals surface area contributed by atoms with E-state index in [1.807, 2.05) is 0 Å². The Morgan fingerprint density at radius 1 is 1.25 bits per heavy atom. The molecule has 1 aromatic carbocycles. The molecule has 0 radical (unpaired) electrons. The van der Waals surface area contributed by atoms with Crippen LogP contribution in [0.2, 0.25) is 0 Å². The van der Waals surface area contributed by atoms with Crippen LogP contribution in [0, 0.1) is 5.92 Å². The number of benzene rings is 1. The lowest BCUT2D eigenvalue weighted by Gasteiger charge is -2.31. The zero-order valence-electron chi connectivity index (χ0n) is 14.9. The predicted octanol–water partition coefficient (Wildman–Crippen LogP) is 0.395. The van der Waals surface area contributed by atoms with E-state index in [0.717, 1.165) is 11.7 Å². The smallest absolute Gasteiger partial charge is 0.245 e. The maximum absolute atomic E-state index is 13.1. The van der Waals surface area contributed by atoms with Crippen LogP contribution in [-0.4, -0.2) is 66.4 Å². The van der Waals surface area contributed by atoms with Crippen molar-refractivity contribution in [2.75, 3.05) is 24.6 Å². The van der Waals surface area contributed by atoms with E-state index in [1.165, 1.54) is 10.4 Å². The number of carbonyl (C=O) groups is 1. The molecule has 3 heterocycles. The van der Waals surface area contributed by atoms with Crippen molar-refractivity contribution in [3.63, 3.8) is 0 Å². The molecule has 2 atom stereocenters. The van der Waals surface area contributed by atoms with Crippen LogP contribution in [0.5, 0.6) is 0 Å². The number of sulfone groups is 1. The van der Waals surface area contributed by atoms with E-state index in [4.69, 9.17) is 0 Å². The summed E-state index contributed by atoms with van der Waals surface area (Å²) in [7, 11) is -6.90. The van der Waals surface area contributed by atoms with E-state index in [-0.39, 0.29) is 34.9 Å². The molecule has 1 aromatic heterocycles. The summed E-state index contributed by atoms with van der Waals surface area (Å²) in [6.07, 6.45) is 1.53. The molecule has 4 rings (SSSR count). The summed E-state index contributed by atoms with van der Waals surface area (Å²) in [5.74, 6) is -0.753. The Bertz CT molecular complexity index is 1110. The van der Waals surface area contributed by atoms with Gasteiger partial charge in [-0.1, -0.05) is 6.07 Å². The fourth-order valence-electron chi connectivity index (χ4n) is 3.73. The first-order valence-electron chi connectivity index (χ1n) is 8.98. The van der Waals surface area contributed by atoms with Gasteiger partial charge in [0, 0.05) is 19.1 Å². The maximum Gasteiger partial charge on any atom is 0.245 e. The Labute approximate surface area is 167 Å². The number of piperidine rings is 1. The Kier molecular flexibility index (Phi) is 5.14. The van der Waals surface area contributed by atoms with Gasteiger partial charge >= 0.3 is 0 Å². The quantitative estimate of drug-likeness (QED) is 0.723. The summed E-state index contributed by atoms with van der Waals surface area (Å²) < 4.78 is 59.0. The van der Waals surface area contributed by atoms with Gasteiger partial charge in [0.1, 0.15) is 15.9 Å². The third kappa shape index (κ3) is 3.78. The number of amides is 1. The van der Waals surface area contributed by atoms with Crippen LogP contribution in [0.1, 0.15) is 19.3 Å². The van der Waals surface area contributed by atoms with Gasteiger partial charge in [-0.3, -0.25) is 4.79 Å². The number of nitrogens with one attached hydrogen (secondary N) is 1. The van der Waals surface area contributed by atoms with E-state index >= 15 is 0 Å². The molecule has 12 heteroatoms. The minimum absolute atomic E-state index is 0.0493. The second-order valence-corrected chi connectivity index (χ2v) is 11.9. The highest BCUT2D eigenvalue weighted by Gasteiger charge is 2.36. The van der Waals surface area contributed by atoms with Crippen molar-refractivity contribution < 1.29 is 21.6 Å². The molecule has 2 aliphatic rings. The van der Waals surface area contributed by atoms with Crippen molar-refractivity contribution >= 4 is 48.5 Å². The van der Waals surface area contributed by atoms with E-state index in [2.05, 4.69) is 14.1 Å². The van der Waals surface area contributed by atoms with E-state index in [0.29, 0.717) is 36.8 Å². The summed E-state index contributed by atoms with van der Waals surface area (Å²) in [6.45, 7) is 0.402. The fourth-order valence-corrected chi connectivity index (χ4v) is 7.68. The van der Waals surface area contributed by atoms with Crippen LogP contribution < -0.4 is 5.32 Å². The van der Waals surface area contributed by atoms with Crippen molar-refractivity contribution in [3.8, 4) is 0 Å². The van der Waals surface area contributed by atoms with Crippen molar-refractivity contribution in [1.82, 2.24) is 18.4 Å². The Hall–Kier alpha value is -1.63. The zero-order valence-corrected chi connectivity index (χ0v) is 17.4. The monoisotopic (exact) mass is 444 g/mol. The largest absolute Gasteiger partial charge is 0.352 e. The summed E-state index contributed by atoms with van der Waals surface area (Å²) in [5, 5.41) is 2.78. The first kappa shape index (κ1) is 19.7. The molecule has 2 fully saturated rings. The summed E-state index contributed by atoms with van der Waals surface area (Å²) in [5.41, 5.74) is 0.870. The fraction of sp³-hybridized carbons (Fsp3) is 0.562. The molecule has 9 nitrogen and oxygen atoms in total.